The zero-order valence-corrected chi connectivity index (χ0v) is 46.1. The number of anilines is 3. The summed E-state index contributed by atoms with van der Waals surface area (Å²) in [5.41, 5.74) is 10.6. The first kappa shape index (κ1) is 57.3. The summed E-state index contributed by atoms with van der Waals surface area (Å²) in [4.78, 5) is 68.2. The molecule has 4 heterocycles. The number of nitrogens with two attached hydrogens (primary N) is 1. The summed E-state index contributed by atoms with van der Waals surface area (Å²) in [5.74, 6) is -5.38. The number of likely N-dealkylation sites (tertiary alicyclic amines) is 1. The average Bonchev–Trinajstić information content (AvgIpc) is 4.16. The zero-order valence-electron chi connectivity index (χ0n) is 43.4. The number of alkyl halides is 3. The number of halogens is 3. The van der Waals surface area contributed by atoms with Gasteiger partial charge in [-0.2, -0.15) is 13.9 Å². The van der Waals surface area contributed by atoms with Crippen molar-refractivity contribution >= 4 is 72.0 Å². The number of allylic oxidation sites excluding steroid dienone is 2. The normalized spacial score (nSPS) is 17.2. The topological polar surface area (TPSA) is 273 Å². The van der Waals surface area contributed by atoms with Crippen molar-refractivity contribution in [2.24, 2.45) is 11.1 Å². The van der Waals surface area contributed by atoms with Gasteiger partial charge >= 0.3 is 5.76 Å². The predicted octanol–water partition coefficient (Wildman–Crippen LogP) is 7.74. The number of hydrogen-bond acceptors (Lipinski definition) is 14. The molecule has 8 rings (SSSR count). The number of pyridine rings is 1. The largest absolute Gasteiger partial charge is 0.487 e. The number of β-amino-alcohol motifs (C(OH)–C–C–N with tert-alkyl or cyclic N) is 1. The molecule has 1 unspecified atom stereocenters. The van der Waals surface area contributed by atoms with Crippen LogP contribution in [0.1, 0.15) is 78.1 Å². The molecule has 3 aromatic carbocycles. The van der Waals surface area contributed by atoms with Gasteiger partial charge in [0.15, 0.2) is 15.5 Å². The number of thiazole rings is 1. The van der Waals surface area contributed by atoms with Crippen LogP contribution in [-0.2, 0) is 32.8 Å². The summed E-state index contributed by atoms with van der Waals surface area (Å²) < 4.78 is 78.7. The summed E-state index contributed by atoms with van der Waals surface area (Å²) in [7, 11) is -5.46. The zero-order chi connectivity index (χ0) is 56.8. The molecular formula is C54H57F3N10O9S2Si. The molecule has 6 aromatic rings. The molecule has 1 fully saturated rings. The monoisotopic (exact) mass is 1140 g/mol. The molecule has 8 N–H and O–H groups in total. The highest BCUT2D eigenvalue weighted by atomic mass is 32.2. The predicted molar refractivity (Wildman–Crippen MR) is 293 cm³/mol. The molecule has 1 saturated heterocycles. The van der Waals surface area contributed by atoms with E-state index in [4.69, 9.17) is 15.2 Å². The highest BCUT2D eigenvalue weighted by Gasteiger charge is 2.44. The first-order valence-electron chi connectivity index (χ1n) is 24.8. The number of aliphatic hydroxyl groups is 1. The van der Waals surface area contributed by atoms with Crippen LogP contribution in [0.5, 0.6) is 11.5 Å². The Kier molecular flexibility index (Phi) is 17.7. The lowest BCUT2D eigenvalue weighted by Gasteiger charge is -2.34. The number of aromatic nitrogens is 4. The highest BCUT2D eigenvalue weighted by molar-refractivity contribution is 7.93. The van der Waals surface area contributed by atoms with Gasteiger partial charge in [0, 0.05) is 37.1 Å². The number of benzene rings is 3. The van der Waals surface area contributed by atoms with Crippen molar-refractivity contribution in [3.63, 3.8) is 0 Å². The van der Waals surface area contributed by atoms with Gasteiger partial charge in [0.1, 0.15) is 47.8 Å². The van der Waals surface area contributed by atoms with E-state index in [0.29, 0.717) is 16.9 Å². The van der Waals surface area contributed by atoms with Crippen molar-refractivity contribution in [3.05, 3.63) is 142 Å². The number of carbonyl (C=O) groups is 4. The number of sulfonamides is 1. The Bertz CT molecular complexity index is 3370. The number of aryl methyl sites for hydroxylation is 1. The molecule has 3 aromatic heterocycles. The highest BCUT2D eigenvalue weighted by Crippen LogP contribution is 2.38. The maximum absolute atomic E-state index is 14.2. The number of aromatic amines is 1. The second-order valence-corrected chi connectivity index (χ2v) is 23.5. The summed E-state index contributed by atoms with van der Waals surface area (Å²) in [6.45, 7) is 9.55. The van der Waals surface area contributed by atoms with Crippen LogP contribution in [0.25, 0.3) is 21.7 Å². The smallest absolute Gasteiger partial charge is 0.355 e. The Morgan fingerprint density at radius 2 is 1.72 bits per heavy atom. The number of nitrogens with zero attached hydrogens (tertiary/aromatic N) is 4. The minimum Gasteiger partial charge on any atom is -0.487 e. The fourth-order valence-electron chi connectivity index (χ4n) is 8.68. The summed E-state index contributed by atoms with van der Waals surface area (Å²) in [6.07, 6.45) is 3.19. The van der Waals surface area contributed by atoms with Gasteiger partial charge in [0.2, 0.25) is 17.7 Å². The number of nitrogens with one attached hydrogen (secondary N) is 5. The average molecular weight is 1140 g/mol. The van der Waals surface area contributed by atoms with Crippen LogP contribution >= 0.6 is 11.3 Å². The van der Waals surface area contributed by atoms with E-state index in [-0.39, 0.29) is 93.9 Å². The second kappa shape index (κ2) is 24.4. The molecule has 1 aliphatic carbocycles. The van der Waals surface area contributed by atoms with Gasteiger partial charge in [-0.25, -0.2) is 22.8 Å². The van der Waals surface area contributed by atoms with Crippen molar-refractivity contribution in [1.82, 2.24) is 35.4 Å². The van der Waals surface area contributed by atoms with Gasteiger partial charge < -0.3 is 40.8 Å². The maximum Gasteiger partial charge on any atom is 0.355 e. The molecule has 1 aliphatic heterocycles. The SMILES string of the molecule is Cc1ncsc1-c1ccc(CNC(=O)[C@@H]2C[C@@H](O)CN2C(=O)[C@@H]([Si]NC(=O)c2ccc(COc3ccc(Nc4n[nH]c(-c5ccc(NS(=O)(=O)C(F)F)c(O[C@@H](C)C6=CCC(F)C=C6)c5)c4C(N)=O)nc3)cc2)C(C)(C)C)cc1. The molecular weight excluding hydrogens is 1080 g/mol. The molecule has 0 saturated carbocycles. The van der Waals surface area contributed by atoms with E-state index in [1.165, 1.54) is 41.4 Å². The Hall–Kier alpha value is -7.87. The fraction of sp³-hybridized carbons (Fsp3) is 0.315. The van der Waals surface area contributed by atoms with Crippen LogP contribution in [0.2, 0.25) is 5.54 Å². The fourth-order valence-corrected chi connectivity index (χ4v) is 11.2. The first-order valence-corrected chi connectivity index (χ1v) is 28.3. The third-order valence-corrected chi connectivity index (χ3v) is 16.7. The molecule has 2 radical (unpaired) electrons. The van der Waals surface area contributed by atoms with E-state index in [0.717, 1.165) is 27.3 Å². The van der Waals surface area contributed by atoms with Crippen molar-refractivity contribution in [3.8, 4) is 33.2 Å². The maximum atomic E-state index is 14.2. The van der Waals surface area contributed by atoms with Gasteiger partial charge in [0.05, 0.1) is 45.3 Å². The number of amides is 4. The number of carbonyl (C=O) groups excluding carboxylic acids is 4. The molecule has 4 amide bonds. The number of primary amides is 1. The third-order valence-electron chi connectivity index (χ3n) is 13.0. The Labute approximate surface area is 460 Å². The molecule has 5 atom stereocenters. The first-order chi connectivity index (χ1) is 37.5. The van der Waals surface area contributed by atoms with Crippen molar-refractivity contribution < 1.29 is 55.3 Å². The number of H-pyrrole nitrogens is 1. The van der Waals surface area contributed by atoms with Gasteiger partial charge in [-0.3, -0.25) is 29.0 Å². The van der Waals surface area contributed by atoms with Gasteiger partial charge in [0.25, 0.3) is 15.9 Å². The molecule has 0 spiro atoms. The lowest BCUT2D eigenvalue weighted by molar-refractivity contribution is -0.139. The number of aliphatic hydroxyl groups excluding tert-OH is 1. The van der Waals surface area contributed by atoms with E-state index in [2.05, 4.69) is 35.8 Å². The second-order valence-electron chi connectivity index (χ2n) is 19.8. The molecule has 2 aliphatic rings. The standard InChI is InChI=1S/C54H57F3N10O9S2Si/c1-29-46(77-28-61-29)34-10-6-31(7-11-34)24-60-51(71)41-23-38(68)26-67(41)52(72)47(54(3,4)5)79-66-50(70)35-12-8-32(9-13-35)27-75-39-19-21-43(59-25-39)62-49-44(48(58)69)45(63-64-49)36-16-20-40(65-78(73,74)53(56)57)42(22-36)76-30(2)33-14-17-37(55)18-15-33/h6-17,19-22,25,28,30,37-38,41,47,53,65,68H,18,23-24,26-27H2,1-5H3,(H2,58,69)(H,60,71)(H,66,70)(H2,59,62,63,64)/t30-,37?,38+,41-,47+/m0/s1. The van der Waals surface area contributed by atoms with Crippen molar-refractivity contribution in [2.45, 2.75) is 96.3 Å². The Morgan fingerprint density at radius 3 is 2.35 bits per heavy atom. The molecule has 79 heavy (non-hydrogen) atoms. The Morgan fingerprint density at radius 1 is 1.00 bits per heavy atom. The van der Waals surface area contributed by atoms with Crippen LogP contribution in [0, 0.1) is 12.3 Å². The number of hydrogen-bond donors (Lipinski definition) is 7. The van der Waals surface area contributed by atoms with E-state index in [1.807, 2.05) is 56.7 Å². The van der Waals surface area contributed by atoms with Crippen LogP contribution < -0.4 is 35.5 Å². The summed E-state index contributed by atoms with van der Waals surface area (Å²) >= 11 is 1.56. The van der Waals surface area contributed by atoms with Crippen LogP contribution in [-0.4, -0.2) is 109 Å². The van der Waals surface area contributed by atoms with E-state index in [1.54, 1.807) is 66.2 Å². The summed E-state index contributed by atoms with van der Waals surface area (Å²) in [5, 5.41) is 23.5. The summed E-state index contributed by atoms with van der Waals surface area (Å²) in [6, 6.07) is 20.6. The van der Waals surface area contributed by atoms with Crippen LogP contribution in [0.3, 0.4) is 0 Å². The minimum atomic E-state index is -5.12. The van der Waals surface area contributed by atoms with Crippen LogP contribution in [0.15, 0.2) is 114 Å². The van der Waals surface area contributed by atoms with E-state index in [9.17, 15) is 45.9 Å². The van der Waals surface area contributed by atoms with Gasteiger partial charge in [-0.05, 0) is 84.0 Å². The molecule has 19 nitrogen and oxygen atoms in total. The molecule has 25 heteroatoms. The van der Waals surface area contributed by atoms with Crippen LogP contribution in [0.4, 0.5) is 30.5 Å². The number of rotatable bonds is 21. The van der Waals surface area contributed by atoms with E-state index < -0.39 is 63.0 Å². The molecule has 0 bridgehead atoms. The van der Waals surface area contributed by atoms with Crippen molar-refractivity contribution in [2.75, 3.05) is 16.6 Å². The van der Waals surface area contributed by atoms with Gasteiger partial charge in [-0.15, -0.1) is 11.3 Å². The van der Waals surface area contributed by atoms with Gasteiger partial charge in [-0.1, -0.05) is 75.4 Å². The molecule has 414 valence electrons. The van der Waals surface area contributed by atoms with Crippen molar-refractivity contribution in [1.29, 1.82) is 0 Å². The quantitative estimate of drug-likeness (QED) is 0.0340. The Balaban J connectivity index is 0.853. The lowest BCUT2D eigenvalue weighted by atomic mass is 9.90. The number of ether oxygens (including phenoxy) is 2. The lowest BCUT2D eigenvalue weighted by Crippen LogP contribution is -2.50. The third kappa shape index (κ3) is 14.1. The van der Waals surface area contributed by atoms with E-state index >= 15 is 0 Å². The minimum absolute atomic E-state index is 0.00915.